The van der Waals surface area contributed by atoms with Crippen LogP contribution in [-0.2, 0) is 0 Å². The molecule has 0 saturated carbocycles. The Morgan fingerprint density at radius 1 is 1.40 bits per heavy atom. The second-order valence-electron chi connectivity index (χ2n) is 4.21. The van der Waals surface area contributed by atoms with Crippen LogP contribution < -0.4 is 5.32 Å². The second kappa shape index (κ2) is 5.14. The lowest BCUT2D eigenvalue weighted by molar-refractivity contribution is -0.380. The quantitative estimate of drug-likeness (QED) is 0.585. The summed E-state index contributed by atoms with van der Waals surface area (Å²) < 4.78 is 1.13. The van der Waals surface area contributed by atoms with Crippen molar-refractivity contribution in [3.63, 3.8) is 0 Å². The summed E-state index contributed by atoms with van der Waals surface area (Å²) in [6, 6.07) is 6.07. The standard InChI is InChI=1S/C12H10N4O2S2/c1-7(15-12-13-5-11(20-12)16(17)18)8-2-3-9-10(4-8)19-6-14-9/h2-7H,1H3,(H,13,15)/t7-/m0/s1. The molecular weight excluding hydrogens is 296 g/mol. The smallest absolute Gasteiger partial charge is 0.345 e. The molecule has 20 heavy (non-hydrogen) atoms. The van der Waals surface area contributed by atoms with E-state index in [9.17, 15) is 10.1 Å². The Morgan fingerprint density at radius 2 is 2.25 bits per heavy atom. The zero-order valence-corrected chi connectivity index (χ0v) is 12.1. The number of aromatic nitrogens is 2. The number of nitrogens with zero attached hydrogens (tertiary/aromatic N) is 3. The van der Waals surface area contributed by atoms with Crippen molar-refractivity contribution in [1.29, 1.82) is 0 Å². The molecule has 8 heteroatoms. The number of rotatable bonds is 4. The van der Waals surface area contributed by atoms with Gasteiger partial charge in [0, 0.05) is 0 Å². The SMILES string of the molecule is C[C@H](Nc1ncc([N+](=O)[O-])s1)c1ccc2ncsc2c1. The van der Waals surface area contributed by atoms with Gasteiger partial charge < -0.3 is 5.32 Å². The summed E-state index contributed by atoms with van der Waals surface area (Å²) in [4.78, 5) is 18.4. The molecule has 0 radical (unpaired) electrons. The highest BCUT2D eigenvalue weighted by molar-refractivity contribution is 7.18. The molecule has 0 aliphatic carbocycles. The van der Waals surface area contributed by atoms with E-state index in [4.69, 9.17) is 0 Å². The van der Waals surface area contributed by atoms with Crippen molar-refractivity contribution in [1.82, 2.24) is 9.97 Å². The summed E-state index contributed by atoms with van der Waals surface area (Å²) in [7, 11) is 0. The largest absolute Gasteiger partial charge is 0.355 e. The third-order valence-corrected chi connectivity index (χ3v) is 4.54. The van der Waals surface area contributed by atoms with Crippen molar-refractivity contribution in [2.45, 2.75) is 13.0 Å². The van der Waals surface area contributed by atoms with Crippen LogP contribution in [0, 0.1) is 10.1 Å². The minimum absolute atomic E-state index is 0.0206. The third kappa shape index (κ3) is 2.47. The van der Waals surface area contributed by atoms with Gasteiger partial charge in [-0.25, -0.2) is 9.97 Å². The van der Waals surface area contributed by atoms with Crippen molar-refractivity contribution < 1.29 is 4.92 Å². The van der Waals surface area contributed by atoms with Gasteiger partial charge in [0.25, 0.3) is 0 Å². The molecule has 0 saturated heterocycles. The average molecular weight is 306 g/mol. The van der Waals surface area contributed by atoms with Crippen LogP contribution in [0.5, 0.6) is 0 Å². The van der Waals surface area contributed by atoms with Crippen molar-refractivity contribution in [3.8, 4) is 0 Å². The van der Waals surface area contributed by atoms with E-state index >= 15 is 0 Å². The molecular formula is C12H10N4O2S2. The Hall–Kier alpha value is -2.06. The molecule has 1 N–H and O–H groups in total. The minimum atomic E-state index is -0.434. The molecule has 0 fully saturated rings. The molecule has 0 bridgehead atoms. The van der Waals surface area contributed by atoms with E-state index < -0.39 is 4.92 Å². The van der Waals surface area contributed by atoms with Gasteiger partial charge in [0.05, 0.1) is 26.7 Å². The van der Waals surface area contributed by atoms with Crippen molar-refractivity contribution in [2.75, 3.05) is 5.32 Å². The number of nitrogens with one attached hydrogen (secondary N) is 1. The first-order chi connectivity index (χ1) is 9.63. The Labute approximate surface area is 122 Å². The van der Waals surface area contributed by atoms with E-state index in [1.165, 1.54) is 6.20 Å². The highest BCUT2D eigenvalue weighted by Crippen LogP contribution is 2.29. The van der Waals surface area contributed by atoms with Gasteiger partial charge in [0.1, 0.15) is 6.20 Å². The highest BCUT2D eigenvalue weighted by Gasteiger charge is 2.14. The lowest BCUT2D eigenvalue weighted by Crippen LogP contribution is -2.05. The minimum Gasteiger partial charge on any atom is -0.355 e. The molecule has 6 nitrogen and oxygen atoms in total. The Bertz CT molecular complexity index is 768. The second-order valence-corrected chi connectivity index (χ2v) is 6.10. The van der Waals surface area contributed by atoms with Crippen LogP contribution in [0.3, 0.4) is 0 Å². The summed E-state index contributed by atoms with van der Waals surface area (Å²) >= 11 is 2.63. The molecule has 2 aromatic heterocycles. The van der Waals surface area contributed by atoms with Crippen LogP contribution in [-0.4, -0.2) is 14.9 Å². The molecule has 0 aliphatic rings. The van der Waals surface area contributed by atoms with Crippen molar-refractivity contribution in [3.05, 3.63) is 45.6 Å². The first-order valence-corrected chi connectivity index (χ1v) is 7.53. The lowest BCUT2D eigenvalue weighted by Gasteiger charge is -2.12. The van der Waals surface area contributed by atoms with Crippen LogP contribution in [0.25, 0.3) is 10.2 Å². The van der Waals surface area contributed by atoms with E-state index in [1.54, 1.807) is 11.3 Å². The molecule has 3 aromatic rings. The number of hydrogen-bond donors (Lipinski definition) is 1. The van der Waals surface area contributed by atoms with E-state index in [0.29, 0.717) is 5.13 Å². The van der Waals surface area contributed by atoms with E-state index in [-0.39, 0.29) is 11.0 Å². The average Bonchev–Trinajstić information content (AvgIpc) is 3.05. The van der Waals surface area contributed by atoms with Crippen LogP contribution >= 0.6 is 22.7 Å². The molecule has 0 spiro atoms. The monoisotopic (exact) mass is 306 g/mol. The summed E-state index contributed by atoms with van der Waals surface area (Å²) in [6.45, 7) is 2.00. The van der Waals surface area contributed by atoms with Crippen molar-refractivity contribution >= 4 is 43.0 Å². The fourth-order valence-electron chi connectivity index (χ4n) is 1.83. The third-order valence-electron chi connectivity index (χ3n) is 2.87. The van der Waals surface area contributed by atoms with Crippen LogP contribution in [0.1, 0.15) is 18.5 Å². The number of anilines is 1. The molecule has 1 atom stereocenters. The Balaban J connectivity index is 1.80. The number of fused-ring (bicyclic) bond motifs is 1. The fraction of sp³-hybridized carbons (Fsp3) is 0.167. The predicted octanol–water partition coefficient (Wildman–Crippen LogP) is 3.83. The molecule has 2 heterocycles. The maximum Gasteiger partial charge on any atom is 0.345 e. The normalized spacial score (nSPS) is 12.4. The summed E-state index contributed by atoms with van der Waals surface area (Å²) in [5.74, 6) is 0. The zero-order chi connectivity index (χ0) is 14.1. The molecule has 0 amide bonds. The molecule has 0 unspecified atom stereocenters. The Morgan fingerprint density at radius 3 is 3.00 bits per heavy atom. The number of benzene rings is 1. The van der Waals surface area contributed by atoms with E-state index in [1.807, 2.05) is 24.6 Å². The van der Waals surface area contributed by atoms with Gasteiger partial charge in [0.15, 0.2) is 5.13 Å². The first kappa shape index (κ1) is 12.9. The molecule has 3 rings (SSSR count). The predicted molar refractivity (Wildman–Crippen MR) is 80.4 cm³/mol. The van der Waals surface area contributed by atoms with Gasteiger partial charge in [-0.05, 0) is 36.0 Å². The van der Waals surface area contributed by atoms with Crippen molar-refractivity contribution in [2.24, 2.45) is 0 Å². The van der Waals surface area contributed by atoms with Gasteiger partial charge in [-0.15, -0.1) is 11.3 Å². The van der Waals surface area contributed by atoms with Crippen LogP contribution in [0.4, 0.5) is 10.1 Å². The number of nitro groups is 1. The van der Waals surface area contributed by atoms with Crippen LogP contribution in [0.15, 0.2) is 29.9 Å². The maximum absolute atomic E-state index is 10.6. The van der Waals surface area contributed by atoms with Gasteiger partial charge in [-0.3, -0.25) is 10.1 Å². The summed E-state index contributed by atoms with van der Waals surface area (Å²) in [5, 5.41) is 14.4. The highest BCUT2D eigenvalue weighted by atomic mass is 32.1. The van der Waals surface area contributed by atoms with E-state index in [0.717, 1.165) is 27.1 Å². The zero-order valence-electron chi connectivity index (χ0n) is 10.4. The molecule has 1 aromatic carbocycles. The number of hydrogen-bond acceptors (Lipinski definition) is 7. The van der Waals surface area contributed by atoms with E-state index in [2.05, 4.69) is 21.4 Å². The van der Waals surface area contributed by atoms with Crippen LogP contribution in [0.2, 0.25) is 0 Å². The van der Waals surface area contributed by atoms with Gasteiger partial charge in [0.2, 0.25) is 0 Å². The number of thiazole rings is 2. The fourth-order valence-corrected chi connectivity index (χ4v) is 3.27. The molecule has 0 aliphatic heterocycles. The van der Waals surface area contributed by atoms with Gasteiger partial charge in [-0.1, -0.05) is 6.07 Å². The maximum atomic E-state index is 10.6. The first-order valence-electron chi connectivity index (χ1n) is 5.83. The van der Waals surface area contributed by atoms with Gasteiger partial charge in [-0.2, -0.15) is 0 Å². The molecule has 102 valence electrons. The van der Waals surface area contributed by atoms with Gasteiger partial charge >= 0.3 is 5.00 Å². The summed E-state index contributed by atoms with van der Waals surface area (Å²) in [6.07, 6.45) is 1.27. The Kier molecular flexibility index (Phi) is 3.33. The summed E-state index contributed by atoms with van der Waals surface area (Å²) in [5.41, 5.74) is 3.90. The topological polar surface area (TPSA) is 81.0 Å². The lowest BCUT2D eigenvalue weighted by atomic mass is 10.1.